The van der Waals surface area contributed by atoms with Gasteiger partial charge in [0.2, 0.25) is 0 Å². The number of halogens is 2. The van der Waals surface area contributed by atoms with Gasteiger partial charge >= 0.3 is 39.6 Å². The molecule has 0 aliphatic carbocycles. The zero-order valence-corrected chi connectivity index (χ0v) is 28.8. The fourth-order valence-corrected chi connectivity index (χ4v) is 4.63. The Morgan fingerprint density at radius 1 is 0.684 bits per heavy atom. The van der Waals surface area contributed by atoms with Crippen LogP contribution in [0.25, 0.3) is 0 Å². The van der Waals surface area contributed by atoms with E-state index in [1.807, 2.05) is 0 Å². The van der Waals surface area contributed by atoms with Crippen molar-refractivity contribution in [2.24, 2.45) is 15.0 Å². The van der Waals surface area contributed by atoms with Crippen molar-refractivity contribution in [1.82, 2.24) is 0 Å². The van der Waals surface area contributed by atoms with Gasteiger partial charge in [-0.1, -0.05) is 97.9 Å². The molecule has 0 atom stereocenters. The SMILES string of the molecule is CC(=Nc1c(C(C)C)cccc1C(C)C)C1=CCC(C(C)=Nc2c(C(C)C)cccc2C(C)C)=N1.[Br][Fe][Br]. The van der Waals surface area contributed by atoms with Crippen LogP contribution in [0, 0.1) is 0 Å². The summed E-state index contributed by atoms with van der Waals surface area (Å²) in [6.45, 7) is 22.1. The molecule has 0 saturated heterocycles. The number of hydrogen-bond donors (Lipinski definition) is 0. The summed E-state index contributed by atoms with van der Waals surface area (Å²) in [5.74, 6) is 1.68. The van der Waals surface area contributed by atoms with Crippen molar-refractivity contribution in [2.75, 3.05) is 0 Å². The fourth-order valence-electron chi connectivity index (χ4n) is 4.63. The van der Waals surface area contributed by atoms with Crippen molar-refractivity contribution in [2.45, 2.75) is 99.3 Å². The number of rotatable bonds is 8. The molecule has 3 rings (SSSR count). The number of hydrogen-bond acceptors (Lipinski definition) is 3. The van der Waals surface area contributed by atoms with Gasteiger partial charge in [0.05, 0.1) is 34.2 Å². The molecule has 1 aliphatic heterocycles. The summed E-state index contributed by atoms with van der Waals surface area (Å²) in [7, 11) is 0. The summed E-state index contributed by atoms with van der Waals surface area (Å²) in [5.41, 5.74) is 11.4. The summed E-state index contributed by atoms with van der Waals surface area (Å²) >= 11 is 7.00. The molecule has 38 heavy (non-hydrogen) atoms. The molecule has 0 saturated carbocycles. The first kappa shape index (κ1) is 32.9. The van der Waals surface area contributed by atoms with Crippen molar-refractivity contribution in [3.63, 3.8) is 0 Å². The average Bonchev–Trinajstić information content (AvgIpc) is 3.35. The van der Waals surface area contributed by atoms with Crippen LogP contribution in [0.15, 0.2) is 63.1 Å². The molecule has 0 aromatic heterocycles. The molecule has 6 heteroatoms. The van der Waals surface area contributed by atoms with Gasteiger partial charge in [-0.3, -0.25) is 9.98 Å². The molecular formula is C32H43Br2FeN3. The summed E-state index contributed by atoms with van der Waals surface area (Å²) in [4.78, 5) is 15.3. The van der Waals surface area contributed by atoms with Crippen molar-refractivity contribution >= 4 is 56.7 Å². The molecule has 0 fully saturated rings. The third-order valence-electron chi connectivity index (χ3n) is 6.78. The quantitative estimate of drug-likeness (QED) is 0.196. The first-order chi connectivity index (χ1) is 17.9. The maximum absolute atomic E-state index is 5.15. The van der Waals surface area contributed by atoms with E-state index in [0.717, 1.165) is 52.0 Å². The van der Waals surface area contributed by atoms with E-state index in [1.54, 1.807) is 0 Å². The van der Waals surface area contributed by atoms with Crippen molar-refractivity contribution < 1.29 is 11.3 Å². The minimum atomic E-state index is 0.419. The fraction of sp³-hybridized carbons (Fsp3) is 0.469. The second-order valence-electron chi connectivity index (χ2n) is 11.0. The van der Waals surface area contributed by atoms with Gasteiger partial charge in [-0.15, -0.1) is 0 Å². The predicted molar refractivity (Wildman–Crippen MR) is 173 cm³/mol. The van der Waals surface area contributed by atoms with Gasteiger partial charge in [0, 0.05) is 6.42 Å². The number of para-hydroxylation sites is 2. The van der Waals surface area contributed by atoms with Crippen molar-refractivity contribution in [3.8, 4) is 0 Å². The van der Waals surface area contributed by atoms with Gasteiger partial charge in [-0.25, -0.2) is 4.99 Å². The number of nitrogens with zero attached hydrogens (tertiary/aromatic N) is 3. The Hall–Kier alpha value is -1.33. The molecule has 2 aromatic rings. The van der Waals surface area contributed by atoms with Crippen LogP contribution in [-0.4, -0.2) is 17.1 Å². The Morgan fingerprint density at radius 2 is 1.03 bits per heavy atom. The van der Waals surface area contributed by atoms with Crippen LogP contribution in [0.5, 0.6) is 0 Å². The van der Waals surface area contributed by atoms with Crippen LogP contribution in [0.4, 0.5) is 11.4 Å². The molecule has 0 bridgehead atoms. The molecule has 0 N–H and O–H groups in total. The average molecular weight is 685 g/mol. The molecule has 2 aromatic carbocycles. The Bertz CT molecular complexity index is 1170. The number of allylic oxidation sites excluding steroid dienone is 2. The van der Waals surface area contributed by atoms with E-state index in [0.29, 0.717) is 23.7 Å². The van der Waals surface area contributed by atoms with Crippen molar-refractivity contribution in [1.29, 1.82) is 0 Å². The minimum absolute atomic E-state index is 0.419. The Morgan fingerprint density at radius 3 is 1.37 bits per heavy atom. The van der Waals surface area contributed by atoms with E-state index >= 15 is 0 Å². The molecule has 0 amide bonds. The summed E-state index contributed by atoms with van der Waals surface area (Å²) in [5, 5.41) is 0. The molecule has 208 valence electrons. The van der Waals surface area contributed by atoms with E-state index in [-0.39, 0.29) is 0 Å². The van der Waals surface area contributed by atoms with Crippen LogP contribution < -0.4 is 0 Å². The normalized spacial score (nSPS) is 14.4. The van der Waals surface area contributed by atoms with Gasteiger partial charge < -0.3 is 0 Å². The van der Waals surface area contributed by atoms with Gasteiger partial charge in [0.15, 0.2) is 0 Å². The van der Waals surface area contributed by atoms with Crippen molar-refractivity contribution in [3.05, 3.63) is 70.4 Å². The summed E-state index contributed by atoms with van der Waals surface area (Å²) in [6, 6.07) is 13.1. The van der Waals surface area contributed by atoms with Gasteiger partial charge in [0.1, 0.15) is 0 Å². The van der Waals surface area contributed by atoms with Gasteiger partial charge in [-0.2, -0.15) is 0 Å². The van der Waals surface area contributed by atoms with Crippen LogP contribution in [0.1, 0.15) is 122 Å². The molecule has 3 nitrogen and oxygen atoms in total. The predicted octanol–water partition coefficient (Wildman–Crippen LogP) is 11.5. The van der Waals surface area contributed by atoms with E-state index in [9.17, 15) is 0 Å². The maximum atomic E-state index is 5.15. The van der Waals surface area contributed by atoms with Crippen LogP contribution in [0.2, 0.25) is 0 Å². The zero-order chi connectivity index (χ0) is 28.6. The Kier molecular flexibility index (Phi) is 13.4. The third-order valence-corrected chi connectivity index (χ3v) is 6.78. The van der Waals surface area contributed by atoms with E-state index in [1.165, 1.54) is 22.3 Å². The third kappa shape index (κ3) is 8.58. The molecule has 0 spiro atoms. The molecular weight excluding hydrogens is 642 g/mol. The van der Waals surface area contributed by atoms with Gasteiger partial charge in [-0.05, 0) is 59.8 Å². The number of benzene rings is 2. The zero-order valence-electron chi connectivity index (χ0n) is 24.5. The molecule has 0 unspecified atom stereocenters. The second kappa shape index (κ2) is 15.5. The summed E-state index contributed by atoms with van der Waals surface area (Å²) < 4.78 is 0. The monoisotopic (exact) mass is 683 g/mol. The van der Waals surface area contributed by atoms with E-state index in [2.05, 4.69) is 140 Å². The van der Waals surface area contributed by atoms with Crippen LogP contribution >= 0.6 is 28.2 Å². The second-order valence-corrected chi connectivity index (χ2v) is 16.6. The van der Waals surface area contributed by atoms with E-state index < -0.39 is 0 Å². The standard InChI is InChI=1S/C32H43N3.2BrH.Fe/c1-19(2)25-13-11-14-26(20(3)4)31(25)33-23(9)29-17-18-30(35-29)24(10)34-32-27(21(5)6)15-12-16-28(32)22(7)8;;;/h11-17,19-22H,18H2,1-10H3;2*1H;/q;;;+2/p-2. The number of aliphatic imine (C=N–C) groups is 3. The first-order valence-corrected chi connectivity index (χ1v) is 18.9. The van der Waals surface area contributed by atoms with Crippen LogP contribution in [0.3, 0.4) is 0 Å². The van der Waals surface area contributed by atoms with Crippen LogP contribution in [-0.2, 0) is 11.3 Å². The molecule has 1 aliphatic rings. The molecule has 1 heterocycles. The Balaban J connectivity index is 0.00000161. The first-order valence-electron chi connectivity index (χ1n) is 13.4. The molecule has 0 radical (unpaired) electrons. The van der Waals surface area contributed by atoms with Gasteiger partial charge in [0.25, 0.3) is 0 Å². The summed E-state index contributed by atoms with van der Waals surface area (Å²) in [6.07, 6.45) is 2.99. The Labute approximate surface area is 251 Å². The topological polar surface area (TPSA) is 37.1 Å². The van der Waals surface area contributed by atoms with E-state index in [4.69, 9.17) is 15.0 Å².